The Bertz CT molecular complexity index is 777. The Morgan fingerprint density at radius 3 is 2.50 bits per heavy atom. The summed E-state index contributed by atoms with van der Waals surface area (Å²) >= 11 is 1.54. The molecule has 0 bridgehead atoms. The topological polar surface area (TPSA) is 96.5 Å². The molecule has 7 nitrogen and oxygen atoms in total. The van der Waals surface area contributed by atoms with E-state index in [1.165, 1.54) is 6.20 Å². The van der Waals surface area contributed by atoms with Crippen LogP contribution in [-0.4, -0.2) is 31.9 Å². The van der Waals surface area contributed by atoms with Crippen molar-refractivity contribution in [3.8, 4) is 0 Å². The highest BCUT2D eigenvalue weighted by Crippen LogP contribution is 2.16. The molecule has 1 amide bonds. The van der Waals surface area contributed by atoms with Crippen molar-refractivity contribution in [1.82, 2.24) is 14.9 Å². The summed E-state index contributed by atoms with van der Waals surface area (Å²) in [6.45, 7) is 0.686. The third-order valence-corrected chi connectivity index (χ3v) is 4.09. The molecule has 8 heteroatoms. The Morgan fingerprint density at radius 1 is 1.12 bits per heavy atom. The van der Waals surface area contributed by atoms with Gasteiger partial charge in [0.25, 0.3) is 5.91 Å². The van der Waals surface area contributed by atoms with Gasteiger partial charge in [0, 0.05) is 4.88 Å². The van der Waals surface area contributed by atoms with Crippen molar-refractivity contribution in [1.29, 1.82) is 0 Å². The monoisotopic (exact) mass is 343 g/mol. The van der Waals surface area contributed by atoms with E-state index in [0.29, 0.717) is 12.3 Å². The summed E-state index contributed by atoms with van der Waals surface area (Å²) in [7, 11) is 0. The molecule has 3 heterocycles. The van der Waals surface area contributed by atoms with Crippen molar-refractivity contribution in [3.05, 3.63) is 70.3 Å². The van der Waals surface area contributed by atoms with Gasteiger partial charge in [-0.25, -0.2) is 14.8 Å². The first kappa shape index (κ1) is 15.9. The average molecular weight is 343 g/mol. The zero-order valence-electron chi connectivity index (χ0n) is 12.5. The van der Waals surface area contributed by atoms with E-state index in [-0.39, 0.29) is 23.8 Å². The fourth-order valence-corrected chi connectivity index (χ4v) is 2.81. The van der Waals surface area contributed by atoms with Crippen LogP contribution in [0.25, 0.3) is 0 Å². The Balaban J connectivity index is 1.82. The molecule has 0 saturated heterocycles. The second-order valence-corrected chi connectivity index (χ2v) is 5.94. The number of carbonyl (C=O) groups is 2. The molecule has 3 rings (SSSR count). The first-order valence-electron chi connectivity index (χ1n) is 7.03. The molecule has 0 aliphatic rings. The molecular formula is C16H13N3O4S. The van der Waals surface area contributed by atoms with Crippen molar-refractivity contribution < 1.29 is 19.1 Å². The Hall–Kier alpha value is -3.00. The molecule has 0 saturated carbocycles. The van der Waals surface area contributed by atoms with Crippen LogP contribution in [0.3, 0.4) is 0 Å². The smallest absolute Gasteiger partial charge is 0.356 e. The lowest BCUT2D eigenvalue weighted by molar-refractivity contribution is 0.0681. The maximum Gasteiger partial charge on any atom is 0.356 e. The molecular weight excluding hydrogens is 330 g/mol. The quantitative estimate of drug-likeness (QED) is 0.739. The van der Waals surface area contributed by atoms with Crippen molar-refractivity contribution in [2.75, 3.05) is 0 Å². The van der Waals surface area contributed by atoms with E-state index in [2.05, 4.69) is 9.97 Å². The minimum absolute atomic E-state index is 0.0862. The fraction of sp³-hybridized carbons (Fsp3) is 0.125. The van der Waals surface area contributed by atoms with E-state index in [1.54, 1.807) is 34.6 Å². The SMILES string of the molecule is O=C(O)c1cnc(C(=O)N(Cc2ccco2)Cc2cccs2)cn1. The van der Waals surface area contributed by atoms with Gasteiger partial charge >= 0.3 is 5.97 Å². The molecule has 0 aromatic carbocycles. The Kier molecular flexibility index (Phi) is 4.66. The van der Waals surface area contributed by atoms with Gasteiger partial charge in [-0.2, -0.15) is 0 Å². The number of carbonyl (C=O) groups excluding carboxylic acids is 1. The van der Waals surface area contributed by atoms with E-state index < -0.39 is 5.97 Å². The van der Waals surface area contributed by atoms with Crippen LogP contribution in [0.15, 0.2) is 52.7 Å². The second kappa shape index (κ2) is 7.05. The summed E-state index contributed by atoms with van der Waals surface area (Å²) in [5.74, 6) is -0.883. The third kappa shape index (κ3) is 3.66. The average Bonchev–Trinajstić information content (AvgIpc) is 3.27. The van der Waals surface area contributed by atoms with Crippen LogP contribution >= 0.6 is 11.3 Å². The van der Waals surface area contributed by atoms with Crippen LogP contribution in [-0.2, 0) is 13.1 Å². The molecule has 1 N–H and O–H groups in total. The molecule has 0 fully saturated rings. The van der Waals surface area contributed by atoms with Gasteiger partial charge in [0.1, 0.15) is 11.5 Å². The number of aromatic nitrogens is 2. The van der Waals surface area contributed by atoms with Gasteiger partial charge in [0.15, 0.2) is 5.69 Å². The molecule has 0 unspecified atom stereocenters. The van der Waals surface area contributed by atoms with Crippen molar-refractivity contribution in [3.63, 3.8) is 0 Å². The highest BCUT2D eigenvalue weighted by molar-refractivity contribution is 7.09. The third-order valence-electron chi connectivity index (χ3n) is 3.23. The zero-order valence-corrected chi connectivity index (χ0v) is 13.3. The summed E-state index contributed by atoms with van der Waals surface area (Å²) in [5, 5.41) is 10.8. The summed E-state index contributed by atoms with van der Waals surface area (Å²) in [6.07, 6.45) is 3.80. The first-order chi connectivity index (χ1) is 11.6. The van der Waals surface area contributed by atoms with Gasteiger partial charge in [-0.3, -0.25) is 4.79 Å². The molecule has 0 radical (unpaired) electrons. The number of carboxylic acids is 1. The molecule has 0 aliphatic heterocycles. The summed E-state index contributed by atoms with van der Waals surface area (Å²) in [5.41, 5.74) is -0.120. The lowest BCUT2D eigenvalue weighted by Crippen LogP contribution is -2.30. The standard InChI is InChI=1S/C16H13N3O4S/c20-15(13-7-18-14(8-17-13)16(21)22)19(9-11-3-1-5-23-11)10-12-4-2-6-24-12/h1-8H,9-10H2,(H,21,22). The number of amides is 1. The molecule has 0 atom stereocenters. The number of carboxylic acid groups (broad SMARTS) is 1. The number of furan rings is 1. The molecule has 24 heavy (non-hydrogen) atoms. The number of thiophene rings is 1. The van der Waals surface area contributed by atoms with Gasteiger partial charge in [0.05, 0.1) is 31.7 Å². The number of hydrogen-bond donors (Lipinski definition) is 1. The number of rotatable bonds is 6. The van der Waals surface area contributed by atoms with Crippen molar-refractivity contribution in [2.45, 2.75) is 13.1 Å². The van der Waals surface area contributed by atoms with E-state index in [0.717, 1.165) is 11.1 Å². The highest BCUT2D eigenvalue weighted by atomic mass is 32.1. The first-order valence-corrected chi connectivity index (χ1v) is 7.91. The van der Waals surface area contributed by atoms with Gasteiger partial charge < -0.3 is 14.4 Å². The van der Waals surface area contributed by atoms with E-state index in [9.17, 15) is 9.59 Å². The van der Waals surface area contributed by atoms with Crippen LogP contribution in [0.5, 0.6) is 0 Å². The predicted molar refractivity (Wildman–Crippen MR) is 85.6 cm³/mol. The van der Waals surface area contributed by atoms with Crippen LogP contribution in [0.1, 0.15) is 31.6 Å². The predicted octanol–water partition coefficient (Wildman–Crippen LogP) is 2.67. The van der Waals surface area contributed by atoms with Gasteiger partial charge in [-0.05, 0) is 23.6 Å². The van der Waals surface area contributed by atoms with Crippen LogP contribution < -0.4 is 0 Å². The summed E-state index contributed by atoms with van der Waals surface area (Å²) in [4.78, 5) is 33.8. The van der Waals surface area contributed by atoms with E-state index >= 15 is 0 Å². The van der Waals surface area contributed by atoms with E-state index in [1.807, 2.05) is 17.5 Å². The molecule has 0 aliphatic carbocycles. The van der Waals surface area contributed by atoms with Crippen LogP contribution in [0, 0.1) is 0 Å². The number of aromatic carboxylic acids is 1. The van der Waals surface area contributed by atoms with Gasteiger partial charge in [-0.15, -0.1) is 11.3 Å². The summed E-state index contributed by atoms with van der Waals surface area (Å²) < 4.78 is 5.32. The molecule has 0 spiro atoms. The van der Waals surface area contributed by atoms with Crippen LogP contribution in [0.4, 0.5) is 0 Å². The highest BCUT2D eigenvalue weighted by Gasteiger charge is 2.20. The minimum atomic E-state index is -1.19. The Morgan fingerprint density at radius 2 is 1.92 bits per heavy atom. The van der Waals surface area contributed by atoms with Crippen molar-refractivity contribution >= 4 is 23.2 Å². The van der Waals surface area contributed by atoms with Crippen molar-refractivity contribution in [2.24, 2.45) is 0 Å². The fourth-order valence-electron chi connectivity index (χ4n) is 2.09. The lowest BCUT2D eigenvalue weighted by atomic mass is 10.3. The normalized spacial score (nSPS) is 10.5. The van der Waals surface area contributed by atoms with Gasteiger partial charge in [0.2, 0.25) is 0 Å². The molecule has 3 aromatic rings. The maximum atomic E-state index is 12.7. The molecule has 122 valence electrons. The number of nitrogens with zero attached hydrogens (tertiary/aromatic N) is 3. The van der Waals surface area contributed by atoms with E-state index in [4.69, 9.17) is 9.52 Å². The zero-order chi connectivity index (χ0) is 16.9. The lowest BCUT2D eigenvalue weighted by Gasteiger charge is -2.20. The number of hydrogen-bond acceptors (Lipinski definition) is 6. The van der Waals surface area contributed by atoms with Gasteiger partial charge in [-0.1, -0.05) is 6.07 Å². The largest absolute Gasteiger partial charge is 0.476 e. The summed E-state index contributed by atoms with van der Waals surface area (Å²) in [6, 6.07) is 7.39. The van der Waals surface area contributed by atoms with Crippen LogP contribution in [0.2, 0.25) is 0 Å². The second-order valence-electron chi connectivity index (χ2n) is 4.91. The molecule has 3 aromatic heterocycles. The maximum absolute atomic E-state index is 12.7. The Labute approximate surface area is 141 Å². The minimum Gasteiger partial charge on any atom is -0.476 e.